The molecule has 2 amide bonds. The van der Waals surface area contributed by atoms with Crippen LogP contribution >= 0.6 is 15.9 Å². The van der Waals surface area contributed by atoms with Gasteiger partial charge >= 0.3 is 24.2 Å². The van der Waals surface area contributed by atoms with Crippen LogP contribution in [0.25, 0.3) is 4.85 Å². The molecule has 2 N–H and O–H groups in total. The topological polar surface area (TPSA) is 90.1 Å². The minimum atomic E-state index is -0.923. The minimum Gasteiger partial charge on any atom is -0.455 e. The molecule has 2 aliphatic heterocycles. The third kappa shape index (κ3) is 5.56. The summed E-state index contributed by atoms with van der Waals surface area (Å²) in [5.41, 5.74) is 1.68. The van der Waals surface area contributed by atoms with Crippen molar-refractivity contribution in [1.82, 2.24) is 15.1 Å². The highest BCUT2D eigenvalue weighted by atomic mass is 79.9. The second-order valence-corrected chi connectivity index (χ2v) is 9.95. The predicted octanol–water partition coefficient (Wildman–Crippen LogP) is 4.27. The molecule has 8 nitrogen and oxygen atoms in total. The first-order valence-electron chi connectivity index (χ1n) is 11.4. The number of hydrogen-bond donors (Lipinski definition) is 2. The lowest BCUT2D eigenvalue weighted by Crippen LogP contribution is -2.64. The molecule has 9 heteroatoms. The van der Waals surface area contributed by atoms with E-state index in [1.807, 2.05) is 0 Å². The highest BCUT2D eigenvalue weighted by molar-refractivity contribution is 9.10. The number of likely N-dealkylation sites (tertiary alicyclic amines) is 2. The summed E-state index contributed by atoms with van der Waals surface area (Å²) in [6, 6.07) is 11.3. The normalized spacial score (nSPS) is 20.4. The van der Waals surface area contributed by atoms with Crippen LogP contribution in [0.1, 0.15) is 51.6 Å². The number of nitrogens with one attached hydrogen (secondary N) is 2. The molecule has 2 heterocycles. The molecule has 2 aliphatic rings. The number of carbonyl (C=O) groups excluding carboxylic acids is 2. The zero-order valence-electron chi connectivity index (χ0n) is 19.7. The number of piperidine rings is 1. The van der Waals surface area contributed by atoms with Gasteiger partial charge in [-0.05, 0) is 55.7 Å². The molecule has 1 aromatic carbocycles. The van der Waals surface area contributed by atoms with Crippen LogP contribution < -0.4 is 5.32 Å². The fourth-order valence-electron chi connectivity index (χ4n) is 4.80. The van der Waals surface area contributed by atoms with E-state index in [2.05, 4.69) is 79.9 Å². The largest absolute Gasteiger partial charge is 0.459 e. The Morgan fingerprint density at radius 2 is 1.94 bits per heavy atom. The molecule has 2 fully saturated rings. The van der Waals surface area contributed by atoms with E-state index in [9.17, 15) is 9.59 Å². The van der Waals surface area contributed by atoms with Crippen LogP contribution in [0.4, 0.5) is 4.79 Å². The first-order chi connectivity index (χ1) is 15.7. The number of rotatable bonds is 5. The average Bonchev–Trinajstić information content (AvgIpc) is 2.80. The van der Waals surface area contributed by atoms with Crippen molar-refractivity contribution in [1.29, 1.82) is 5.41 Å². The van der Waals surface area contributed by atoms with E-state index in [4.69, 9.17) is 5.41 Å². The molecule has 2 atom stereocenters. The maximum Gasteiger partial charge on any atom is 0.459 e. The molecule has 2 saturated heterocycles. The molecular weight excluding hydrogens is 486 g/mol. The lowest BCUT2D eigenvalue weighted by atomic mass is 9.62. The monoisotopic (exact) mass is 518 g/mol. The van der Waals surface area contributed by atoms with Gasteiger partial charge in [-0.25, -0.2) is 9.59 Å². The Balaban J connectivity index is 1.67. The summed E-state index contributed by atoms with van der Waals surface area (Å²) < 4.78 is 5.58. The third-order valence-corrected chi connectivity index (χ3v) is 7.27. The zero-order valence-corrected chi connectivity index (χ0v) is 21.3. The summed E-state index contributed by atoms with van der Waals surface area (Å²) in [6.07, 6.45) is 1.31. The summed E-state index contributed by atoms with van der Waals surface area (Å²) in [5.74, 6) is -0.739. The van der Waals surface area contributed by atoms with E-state index < -0.39 is 12.1 Å². The number of benzene rings is 1. The fourth-order valence-corrected chi connectivity index (χ4v) is 5.06. The molecule has 0 saturated carbocycles. The summed E-state index contributed by atoms with van der Waals surface area (Å²) in [7, 11) is 1.23. The number of urea groups is 1. The van der Waals surface area contributed by atoms with Crippen molar-refractivity contribution in [3.05, 3.63) is 39.1 Å². The van der Waals surface area contributed by atoms with E-state index in [0.717, 1.165) is 23.9 Å². The smallest absolute Gasteiger partial charge is 0.455 e. The maximum absolute atomic E-state index is 12.9. The highest BCUT2D eigenvalue weighted by Gasteiger charge is 2.54. The number of nitrogens with zero attached hydrogens (tertiary/aromatic N) is 3. The molecule has 0 bridgehead atoms. The number of halogens is 1. The number of esters is 1. The Morgan fingerprint density at radius 1 is 1.30 bits per heavy atom. The minimum absolute atomic E-state index is 0.154. The van der Waals surface area contributed by atoms with Gasteiger partial charge in [0.05, 0.1) is 7.11 Å². The Hall–Kier alpha value is -2.44. The van der Waals surface area contributed by atoms with Crippen molar-refractivity contribution in [2.75, 3.05) is 26.7 Å². The summed E-state index contributed by atoms with van der Waals surface area (Å²) in [5, 5.41) is 10.8. The Morgan fingerprint density at radius 3 is 2.48 bits per heavy atom. The van der Waals surface area contributed by atoms with Crippen LogP contribution in [0.3, 0.4) is 0 Å². The van der Waals surface area contributed by atoms with Gasteiger partial charge in [-0.15, -0.1) is 0 Å². The fraction of sp³-hybridized carbons (Fsp3) is 0.583. The van der Waals surface area contributed by atoms with E-state index in [1.54, 1.807) is 11.8 Å². The summed E-state index contributed by atoms with van der Waals surface area (Å²) >= 11 is 3.53. The average molecular weight is 519 g/mol. The van der Waals surface area contributed by atoms with Gasteiger partial charge in [0.25, 0.3) is 0 Å². The molecule has 0 aliphatic carbocycles. The van der Waals surface area contributed by atoms with Gasteiger partial charge in [-0.2, -0.15) is 0 Å². The van der Waals surface area contributed by atoms with Crippen molar-refractivity contribution in [3.63, 3.8) is 0 Å². The quantitative estimate of drug-likeness (QED) is 0.346. The van der Waals surface area contributed by atoms with Crippen LogP contribution in [0.5, 0.6) is 0 Å². The van der Waals surface area contributed by atoms with Crippen molar-refractivity contribution in [3.8, 4) is 6.07 Å². The Bertz CT molecular complexity index is 945. The molecule has 3 rings (SSSR count). The van der Waals surface area contributed by atoms with Crippen LogP contribution in [0.15, 0.2) is 28.7 Å². The number of ether oxygens (including phenoxy) is 1. The number of hydrogen-bond acceptors (Lipinski definition) is 5. The van der Waals surface area contributed by atoms with Crippen LogP contribution in [0.2, 0.25) is 0 Å². The van der Waals surface area contributed by atoms with Gasteiger partial charge in [0, 0.05) is 41.6 Å². The van der Waals surface area contributed by atoms with E-state index in [1.165, 1.54) is 12.7 Å². The van der Waals surface area contributed by atoms with Gasteiger partial charge in [0.15, 0.2) is 0 Å². The second-order valence-electron chi connectivity index (χ2n) is 9.03. The molecule has 1 spiro atoms. The molecule has 0 aromatic heterocycles. The standard InChI is InChI=1S/C24H32BrN5O3/c1-5-19(26)22(27-14-20(31)33-4)28-23(32)29-12-10-24(11-13-29)15-30(16(2)3)21(24)17-6-8-18(25)9-7-17/h6-9,16,21-22,26H,5,10-13,15H2,1-4H3/p+1/t21?,22-/m1/s1. The van der Waals surface area contributed by atoms with Crippen molar-refractivity contribution in [2.45, 2.75) is 58.3 Å². The van der Waals surface area contributed by atoms with Crippen LogP contribution in [0, 0.1) is 16.9 Å². The van der Waals surface area contributed by atoms with Gasteiger partial charge in [0.2, 0.25) is 0 Å². The molecular formula is C24H33BrN5O3+. The molecule has 0 radical (unpaired) electrons. The van der Waals surface area contributed by atoms with Crippen molar-refractivity contribution < 1.29 is 14.3 Å². The Kier molecular flexibility index (Phi) is 8.14. The third-order valence-electron chi connectivity index (χ3n) is 6.75. The second kappa shape index (κ2) is 10.7. The lowest BCUT2D eigenvalue weighted by molar-refractivity contribution is -0.133. The van der Waals surface area contributed by atoms with Gasteiger partial charge in [-0.3, -0.25) is 15.6 Å². The first-order valence-corrected chi connectivity index (χ1v) is 12.2. The molecule has 33 heavy (non-hydrogen) atoms. The summed E-state index contributed by atoms with van der Waals surface area (Å²) in [4.78, 5) is 32.5. The Labute approximate surface area is 204 Å². The summed E-state index contributed by atoms with van der Waals surface area (Å²) in [6.45, 7) is 8.58. The molecule has 1 aromatic rings. The zero-order chi connectivity index (χ0) is 24.2. The van der Waals surface area contributed by atoms with Crippen molar-refractivity contribution >= 4 is 33.6 Å². The van der Waals surface area contributed by atoms with Gasteiger partial charge in [-0.1, -0.05) is 35.0 Å². The predicted molar refractivity (Wildman–Crippen MR) is 132 cm³/mol. The van der Waals surface area contributed by atoms with Crippen LogP contribution in [-0.4, -0.2) is 66.5 Å². The maximum atomic E-state index is 12.9. The number of amides is 2. The molecule has 1 unspecified atom stereocenters. The van der Waals surface area contributed by atoms with E-state index in [0.29, 0.717) is 31.6 Å². The lowest BCUT2D eigenvalue weighted by Gasteiger charge is -2.62. The molecule has 178 valence electrons. The van der Waals surface area contributed by atoms with Crippen molar-refractivity contribution in [2.24, 2.45) is 5.41 Å². The highest BCUT2D eigenvalue weighted by Crippen LogP contribution is 2.55. The first kappa shape index (κ1) is 25.2. The van der Waals surface area contributed by atoms with Gasteiger partial charge in [0.1, 0.15) is 5.71 Å². The van der Waals surface area contributed by atoms with Gasteiger partial charge < -0.3 is 9.64 Å². The van der Waals surface area contributed by atoms with Crippen LogP contribution in [-0.2, 0) is 9.53 Å². The number of methoxy groups -OCH3 is 1. The number of carbonyl (C=O) groups is 2. The SMILES string of the molecule is CCC(=N)[C@H]([N+]#CC(=O)OC)NC(=O)N1CCC2(CC1)CN(C(C)C)C2c1ccc(Br)cc1. The van der Waals surface area contributed by atoms with E-state index >= 15 is 0 Å². The van der Waals surface area contributed by atoms with E-state index in [-0.39, 0.29) is 17.2 Å².